The Hall–Kier alpha value is -2.81. The standard InChI is InChI=1S/C21H26N2O2.C2HF3O2/c1-22-20(24)12-17-13-21(19-5-3-2-4-18(17)19)7-9-23(10-8-21)14-16-6-11-25-15-16;3-2(4,5)1(6)7/h2-6,11,15,17H,7-10,12-14H2,1H3,(H,22,24);(H,6,7). The molecule has 1 atom stereocenters. The summed E-state index contributed by atoms with van der Waals surface area (Å²) >= 11 is 0. The number of aliphatic carboxylic acids is 1. The Labute approximate surface area is 184 Å². The number of amides is 1. The first-order chi connectivity index (χ1) is 15.1. The van der Waals surface area contributed by atoms with Crippen LogP contribution in [0.25, 0.3) is 0 Å². The number of halogens is 3. The summed E-state index contributed by atoms with van der Waals surface area (Å²) in [6.07, 6.45) is 2.57. The molecule has 174 valence electrons. The molecule has 0 radical (unpaired) electrons. The van der Waals surface area contributed by atoms with Gasteiger partial charge in [-0.05, 0) is 60.9 Å². The summed E-state index contributed by atoms with van der Waals surface area (Å²) in [7, 11) is 1.73. The molecule has 1 saturated heterocycles. The first kappa shape index (κ1) is 23.8. The molecular weight excluding hydrogens is 425 g/mol. The summed E-state index contributed by atoms with van der Waals surface area (Å²) in [5.41, 5.74) is 4.39. The molecule has 2 aromatic rings. The minimum Gasteiger partial charge on any atom is -0.475 e. The number of hydrogen-bond acceptors (Lipinski definition) is 4. The van der Waals surface area contributed by atoms with Gasteiger partial charge in [0.05, 0.1) is 12.5 Å². The number of piperidine rings is 1. The Kier molecular flexibility index (Phi) is 7.28. The van der Waals surface area contributed by atoms with Crippen molar-refractivity contribution in [2.45, 2.75) is 49.7 Å². The Morgan fingerprint density at radius 3 is 2.44 bits per heavy atom. The second-order valence-electron chi connectivity index (χ2n) is 8.36. The summed E-state index contributed by atoms with van der Waals surface area (Å²) < 4.78 is 36.9. The van der Waals surface area contributed by atoms with Gasteiger partial charge in [-0.25, -0.2) is 4.79 Å². The number of hydrogen-bond donors (Lipinski definition) is 2. The summed E-state index contributed by atoms with van der Waals surface area (Å²) in [5.74, 6) is -2.25. The van der Waals surface area contributed by atoms with Crippen LogP contribution in [0.1, 0.15) is 48.3 Å². The van der Waals surface area contributed by atoms with Crippen LogP contribution in [-0.2, 0) is 21.5 Å². The number of carbonyl (C=O) groups is 2. The van der Waals surface area contributed by atoms with E-state index in [4.69, 9.17) is 14.3 Å². The molecule has 0 saturated carbocycles. The molecule has 6 nitrogen and oxygen atoms in total. The van der Waals surface area contributed by atoms with Crippen molar-refractivity contribution in [3.63, 3.8) is 0 Å². The average molecular weight is 452 g/mol. The van der Waals surface area contributed by atoms with Gasteiger partial charge in [-0.3, -0.25) is 9.69 Å². The normalized spacial score (nSPS) is 19.7. The molecule has 1 aliphatic carbocycles. The van der Waals surface area contributed by atoms with E-state index in [-0.39, 0.29) is 11.3 Å². The highest BCUT2D eigenvalue weighted by molar-refractivity contribution is 5.77. The maximum atomic E-state index is 12.0. The molecule has 32 heavy (non-hydrogen) atoms. The molecule has 1 aromatic carbocycles. The molecule has 1 unspecified atom stereocenters. The smallest absolute Gasteiger partial charge is 0.475 e. The molecular formula is C23H27F3N2O4. The van der Waals surface area contributed by atoms with E-state index in [1.807, 2.05) is 6.26 Å². The van der Waals surface area contributed by atoms with E-state index < -0.39 is 12.1 Å². The van der Waals surface area contributed by atoms with Crippen LogP contribution in [0, 0.1) is 0 Å². The molecule has 1 aliphatic heterocycles. The van der Waals surface area contributed by atoms with Gasteiger partial charge in [0.15, 0.2) is 0 Å². The first-order valence-corrected chi connectivity index (χ1v) is 10.5. The number of nitrogens with zero attached hydrogens (tertiary/aromatic N) is 1. The lowest BCUT2D eigenvalue weighted by Crippen LogP contribution is -2.41. The maximum absolute atomic E-state index is 12.0. The van der Waals surface area contributed by atoms with E-state index in [0.717, 1.165) is 26.1 Å². The Morgan fingerprint density at radius 2 is 1.88 bits per heavy atom. The van der Waals surface area contributed by atoms with Crippen LogP contribution < -0.4 is 5.32 Å². The second kappa shape index (κ2) is 9.77. The number of carboxylic acids is 1. The molecule has 0 bridgehead atoms. The monoisotopic (exact) mass is 452 g/mol. The van der Waals surface area contributed by atoms with E-state index in [1.54, 1.807) is 13.3 Å². The molecule has 1 amide bonds. The van der Waals surface area contributed by atoms with E-state index >= 15 is 0 Å². The van der Waals surface area contributed by atoms with E-state index in [1.165, 1.54) is 29.5 Å². The average Bonchev–Trinajstić information content (AvgIpc) is 3.37. The highest BCUT2D eigenvalue weighted by Gasteiger charge is 2.45. The SMILES string of the molecule is CNC(=O)CC1CC2(CCN(Cc3ccoc3)CC2)c2ccccc21.O=C(O)C(F)(F)F. The zero-order valence-electron chi connectivity index (χ0n) is 17.8. The lowest BCUT2D eigenvalue weighted by Gasteiger charge is -2.40. The third-order valence-corrected chi connectivity index (χ3v) is 6.36. The number of carbonyl (C=O) groups excluding carboxylic acids is 1. The number of fused-ring (bicyclic) bond motifs is 2. The third-order valence-electron chi connectivity index (χ3n) is 6.36. The fraction of sp³-hybridized carbons (Fsp3) is 0.478. The Bertz CT molecular complexity index is 920. The summed E-state index contributed by atoms with van der Waals surface area (Å²) in [5, 5.41) is 9.91. The minimum atomic E-state index is -5.08. The van der Waals surface area contributed by atoms with E-state index in [2.05, 4.69) is 40.5 Å². The predicted molar refractivity (Wildman–Crippen MR) is 111 cm³/mol. The van der Waals surface area contributed by atoms with Gasteiger partial charge in [0.25, 0.3) is 0 Å². The molecule has 2 aliphatic rings. The largest absolute Gasteiger partial charge is 0.490 e. The van der Waals surface area contributed by atoms with Crippen LogP contribution in [0.15, 0.2) is 47.3 Å². The molecule has 9 heteroatoms. The van der Waals surface area contributed by atoms with Gasteiger partial charge in [0.1, 0.15) is 0 Å². The highest BCUT2D eigenvalue weighted by Crippen LogP contribution is 2.52. The minimum absolute atomic E-state index is 0.147. The molecule has 1 spiro atoms. The fourth-order valence-electron chi connectivity index (χ4n) is 4.79. The van der Waals surface area contributed by atoms with Crippen molar-refractivity contribution in [1.29, 1.82) is 0 Å². The van der Waals surface area contributed by atoms with Gasteiger partial charge >= 0.3 is 12.1 Å². The molecule has 1 fully saturated rings. The molecule has 2 heterocycles. The van der Waals surface area contributed by atoms with Crippen LogP contribution >= 0.6 is 0 Å². The van der Waals surface area contributed by atoms with Crippen LogP contribution in [0.5, 0.6) is 0 Å². The quantitative estimate of drug-likeness (QED) is 0.731. The lowest BCUT2D eigenvalue weighted by molar-refractivity contribution is -0.192. The van der Waals surface area contributed by atoms with E-state index in [9.17, 15) is 18.0 Å². The van der Waals surface area contributed by atoms with Gasteiger partial charge in [-0.15, -0.1) is 0 Å². The molecule has 2 N–H and O–H groups in total. The Morgan fingerprint density at radius 1 is 1.22 bits per heavy atom. The Balaban J connectivity index is 0.000000360. The van der Waals surface area contributed by atoms with Gasteiger partial charge < -0.3 is 14.8 Å². The van der Waals surface area contributed by atoms with Crippen molar-refractivity contribution >= 4 is 11.9 Å². The van der Waals surface area contributed by atoms with Crippen LogP contribution in [0.2, 0.25) is 0 Å². The predicted octanol–water partition coefficient (Wildman–Crippen LogP) is 4.07. The highest BCUT2D eigenvalue weighted by atomic mass is 19.4. The summed E-state index contributed by atoms with van der Waals surface area (Å²) in [6, 6.07) is 10.8. The molecule has 4 rings (SSSR count). The fourth-order valence-corrected chi connectivity index (χ4v) is 4.79. The van der Waals surface area contributed by atoms with Gasteiger partial charge in [0, 0.05) is 25.6 Å². The van der Waals surface area contributed by atoms with Crippen molar-refractivity contribution in [3.05, 3.63) is 59.5 Å². The lowest BCUT2D eigenvalue weighted by atomic mass is 9.73. The number of alkyl halides is 3. The zero-order valence-corrected chi connectivity index (χ0v) is 17.8. The van der Waals surface area contributed by atoms with Crippen molar-refractivity contribution < 1.29 is 32.3 Å². The van der Waals surface area contributed by atoms with Crippen LogP contribution in [-0.4, -0.2) is 48.2 Å². The van der Waals surface area contributed by atoms with Gasteiger partial charge in [0.2, 0.25) is 5.91 Å². The van der Waals surface area contributed by atoms with Crippen LogP contribution in [0.4, 0.5) is 13.2 Å². The van der Waals surface area contributed by atoms with Crippen molar-refractivity contribution in [2.24, 2.45) is 0 Å². The molecule has 1 aromatic heterocycles. The van der Waals surface area contributed by atoms with Crippen molar-refractivity contribution in [1.82, 2.24) is 10.2 Å². The number of benzene rings is 1. The van der Waals surface area contributed by atoms with E-state index in [0.29, 0.717) is 12.3 Å². The number of rotatable bonds is 4. The number of carboxylic acid groups (broad SMARTS) is 1. The van der Waals surface area contributed by atoms with Crippen molar-refractivity contribution in [2.75, 3.05) is 20.1 Å². The van der Waals surface area contributed by atoms with Crippen molar-refractivity contribution in [3.8, 4) is 0 Å². The zero-order chi connectivity index (χ0) is 23.4. The second-order valence-corrected chi connectivity index (χ2v) is 8.36. The first-order valence-electron chi connectivity index (χ1n) is 10.5. The maximum Gasteiger partial charge on any atom is 0.490 e. The number of nitrogens with one attached hydrogen (secondary N) is 1. The number of likely N-dealkylation sites (tertiary alicyclic amines) is 1. The van der Waals surface area contributed by atoms with Gasteiger partial charge in [-0.1, -0.05) is 24.3 Å². The van der Waals surface area contributed by atoms with Crippen LogP contribution in [0.3, 0.4) is 0 Å². The summed E-state index contributed by atoms with van der Waals surface area (Å²) in [4.78, 5) is 23.4. The third kappa shape index (κ3) is 5.51. The topological polar surface area (TPSA) is 82.8 Å². The summed E-state index contributed by atoms with van der Waals surface area (Å²) in [6.45, 7) is 3.17. The van der Waals surface area contributed by atoms with Gasteiger partial charge in [-0.2, -0.15) is 13.2 Å². The number of furan rings is 1.